The summed E-state index contributed by atoms with van der Waals surface area (Å²) in [6.45, 7) is 6.86. The average molecular weight is 402 g/mol. The predicted molar refractivity (Wildman–Crippen MR) is 110 cm³/mol. The Morgan fingerprint density at radius 1 is 0.862 bits per heavy atom. The van der Waals surface area contributed by atoms with Gasteiger partial charge in [-0.15, -0.1) is 0 Å². The van der Waals surface area contributed by atoms with Crippen LogP contribution >= 0.6 is 0 Å². The zero-order valence-corrected chi connectivity index (χ0v) is 17.0. The number of para-hydroxylation sites is 1. The van der Waals surface area contributed by atoms with Crippen LogP contribution in [0.15, 0.2) is 36.4 Å². The smallest absolute Gasteiger partial charge is 0.339 e. The highest BCUT2D eigenvalue weighted by Gasteiger charge is 2.17. The Bertz CT molecular complexity index is 826. The Labute approximate surface area is 170 Å². The van der Waals surface area contributed by atoms with Crippen LogP contribution in [0.1, 0.15) is 31.1 Å². The van der Waals surface area contributed by atoms with Crippen molar-refractivity contribution in [2.75, 3.05) is 37.6 Å². The Morgan fingerprint density at radius 2 is 1.45 bits per heavy atom. The van der Waals surface area contributed by atoms with Gasteiger partial charge in [0.25, 0.3) is 0 Å². The summed E-state index contributed by atoms with van der Waals surface area (Å²) >= 11 is 0. The first-order chi connectivity index (χ1) is 14.0. The summed E-state index contributed by atoms with van der Waals surface area (Å²) in [5, 5.41) is 5.38. The average Bonchev–Trinajstić information content (AvgIpc) is 2.70. The van der Waals surface area contributed by atoms with Gasteiger partial charge in [0, 0.05) is 12.1 Å². The van der Waals surface area contributed by atoms with E-state index < -0.39 is 12.0 Å². The molecule has 0 spiro atoms. The van der Waals surface area contributed by atoms with Crippen molar-refractivity contribution in [1.82, 2.24) is 0 Å². The predicted octanol–water partition coefficient (Wildman–Crippen LogP) is 4.31. The molecule has 0 fully saturated rings. The molecule has 8 nitrogen and oxygen atoms in total. The Kier molecular flexibility index (Phi) is 8.14. The van der Waals surface area contributed by atoms with E-state index in [4.69, 9.17) is 18.9 Å². The molecule has 2 N–H and O–H groups in total. The lowest BCUT2D eigenvalue weighted by molar-refractivity contribution is 0.0602. The van der Waals surface area contributed by atoms with Crippen molar-refractivity contribution in [2.24, 2.45) is 0 Å². The first-order valence-corrected chi connectivity index (χ1v) is 9.35. The van der Waals surface area contributed by atoms with Crippen molar-refractivity contribution in [1.29, 1.82) is 0 Å². The number of carbonyl (C=O) groups excluding carboxylic acids is 2. The molecule has 0 aliphatic rings. The quantitative estimate of drug-likeness (QED) is 0.607. The van der Waals surface area contributed by atoms with Gasteiger partial charge in [-0.3, -0.25) is 0 Å². The highest BCUT2D eigenvalue weighted by Crippen LogP contribution is 2.40. The van der Waals surface area contributed by atoms with E-state index in [0.29, 0.717) is 48.4 Å². The summed E-state index contributed by atoms with van der Waals surface area (Å²) in [5.74, 6) is 0.869. The number of hydrogen-bond acceptors (Lipinski definition) is 6. The molecule has 0 saturated heterocycles. The standard InChI is InChI=1S/C21H26N2O6/c1-5-27-17-12-14(13-18(28-6-2)19(17)29-7-3)22-21(25)23-16-11-9-8-10-15(16)20(24)26-4/h8-13H,5-7H2,1-4H3,(H2,22,23,25). The monoisotopic (exact) mass is 402 g/mol. The van der Waals surface area contributed by atoms with Crippen molar-refractivity contribution in [2.45, 2.75) is 20.8 Å². The van der Waals surface area contributed by atoms with Gasteiger partial charge in [0.2, 0.25) is 5.75 Å². The number of hydrogen-bond donors (Lipinski definition) is 2. The number of methoxy groups -OCH3 is 1. The van der Waals surface area contributed by atoms with Crippen LogP contribution < -0.4 is 24.8 Å². The number of carbonyl (C=O) groups is 2. The third-order valence-electron chi connectivity index (χ3n) is 3.75. The van der Waals surface area contributed by atoms with Crippen molar-refractivity contribution in [3.05, 3.63) is 42.0 Å². The number of esters is 1. The maximum Gasteiger partial charge on any atom is 0.339 e. The summed E-state index contributed by atoms with van der Waals surface area (Å²) in [6, 6.07) is 9.35. The molecule has 156 valence electrons. The molecule has 29 heavy (non-hydrogen) atoms. The summed E-state index contributed by atoms with van der Waals surface area (Å²) in [4.78, 5) is 24.4. The molecule has 0 bridgehead atoms. The number of rotatable bonds is 9. The van der Waals surface area contributed by atoms with E-state index in [0.717, 1.165) is 0 Å². The summed E-state index contributed by atoms with van der Waals surface area (Å²) in [5.41, 5.74) is 1.04. The summed E-state index contributed by atoms with van der Waals surface area (Å²) < 4.78 is 21.7. The van der Waals surface area contributed by atoms with E-state index in [1.54, 1.807) is 36.4 Å². The van der Waals surface area contributed by atoms with Crippen LogP contribution in [0.5, 0.6) is 17.2 Å². The van der Waals surface area contributed by atoms with Crippen molar-refractivity contribution in [3.63, 3.8) is 0 Å². The second-order valence-corrected chi connectivity index (χ2v) is 5.72. The third kappa shape index (κ3) is 5.78. The van der Waals surface area contributed by atoms with Gasteiger partial charge in [0.1, 0.15) is 0 Å². The topological polar surface area (TPSA) is 95.1 Å². The van der Waals surface area contributed by atoms with E-state index in [2.05, 4.69) is 10.6 Å². The molecule has 0 radical (unpaired) electrons. The van der Waals surface area contributed by atoms with Gasteiger partial charge in [-0.25, -0.2) is 9.59 Å². The molecule has 0 unspecified atom stereocenters. The maximum atomic E-state index is 12.5. The fourth-order valence-electron chi connectivity index (χ4n) is 2.63. The molecule has 2 aromatic carbocycles. The van der Waals surface area contributed by atoms with Crippen LogP contribution in [-0.2, 0) is 4.74 Å². The van der Waals surface area contributed by atoms with E-state index >= 15 is 0 Å². The van der Waals surface area contributed by atoms with Crippen LogP contribution in [0.3, 0.4) is 0 Å². The second-order valence-electron chi connectivity index (χ2n) is 5.72. The van der Waals surface area contributed by atoms with Crippen LogP contribution in [0, 0.1) is 0 Å². The number of ether oxygens (including phenoxy) is 4. The van der Waals surface area contributed by atoms with Crippen LogP contribution in [-0.4, -0.2) is 38.9 Å². The fourth-order valence-corrected chi connectivity index (χ4v) is 2.63. The first kappa shape index (κ1) is 21.9. The second kappa shape index (κ2) is 10.8. The van der Waals surface area contributed by atoms with Gasteiger partial charge in [-0.2, -0.15) is 0 Å². The molecule has 8 heteroatoms. The van der Waals surface area contributed by atoms with Gasteiger partial charge in [0.15, 0.2) is 11.5 Å². The van der Waals surface area contributed by atoms with Crippen molar-refractivity contribution < 1.29 is 28.5 Å². The lowest BCUT2D eigenvalue weighted by Crippen LogP contribution is -2.21. The van der Waals surface area contributed by atoms with Gasteiger partial charge in [-0.1, -0.05) is 12.1 Å². The molecule has 0 atom stereocenters. The van der Waals surface area contributed by atoms with E-state index in [1.165, 1.54) is 7.11 Å². The molecular weight excluding hydrogens is 376 g/mol. The molecule has 0 saturated carbocycles. The highest BCUT2D eigenvalue weighted by molar-refractivity contribution is 6.05. The zero-order chi connectivity index (χ0) is 21.2. The van der Waals surface area contributed by atoms with Crippen molar-refractivity contribution >= 4 is 23.4 Å². The van der Waals surface area contributed by atoms with E-state index in [1.807, 2.05) is 20.8 Å². The Hall–Kier alpha value is -3.42. The molecule has 0 heterocycles. The summed E-state index contributed by atoms with van der Waals surface area (Å²) in [7, 11) is 1.28. The van der Waals surface area contributed by atoms with Crippen LogP contribution in [0.25, 0.3) is 0 Å². The molecule has 2 rings (SSSR count). The number of anilines is 2. The van der Waals surface area contributed by atoms with Gasteiger partial charge >= 0.3 is 12.0 Å². The van der Waals surface area contributed by atoms with Crippen LogP contribution in [0.4, 0.5) is 16.2 Å². The zero-order valence-electron chi connectivity index (χ0n) is 17.0. The molecule has 0 aromatic heterocycles. The van der Waals surface area contributed by atoms with E-state index in [9.17, 15) is 9.59 Å². The first-order valence-electron chi connectivity index (χ1n) is 9.35. The Balaban J connectivity index is 2.27. The normalized spacial score (nSPS) is 10.1. The summed E-state index contributed by atoms with van der Waals surface area (Å²) in [6.07, 6.45) is 0. The SMILES string of the molecule is CCOc1cc(NC(=O)Nc2ccccc2C(=O)OC)cc(OCC)c1OCC. The molecule has 2 aromatic rings. The van der Waals surface area contributed by atoms with Gasteiger partial charge < -0.3 is 29.6 Å². The largest absolute Gasteiger partial charge is 0.490 e. The van der Waals surface area contributed by atoms with E-state index in [-0.39, 0.29) is 5.56 Å². The third-order valence-corrected chi connectivity index (χ3v) is 3.75. The highest BCUT2D eigenvalue weighted by atomic mass is 16.5. The minimum Gasteiger partial charge on any atom is -0.490 e. The lowest BCUT2D eigenvalue weighted by atomic mass is 10.2. The van der Waals surface area contributed by atoms with Gasteiger partial charge in [-0.05, 0) is 32.9 Å². The minimum atomic E-state index is -0.542. The Morgan fingerprint density at radius 3 is 2.00 bits per heavy atom. The fraction of sp³-hybridized carbons (Fsp3) is 0.333. The maximum absolute atomic E-state index is 12.5. The number of urea groups is 1. The van der Waals surface area contributed by atoms with Crippen LogP contribution in [0.2, 0.25) is 0 Å². The molecule has 0 aliphatic carbocycles. The number of amides is 2. The van der Waals surface area contributed by atoms with Gasteiger partial charge in [0.05, 0.1) is 43.9 Å². The minimum absolute atomic E-state index is 0.252. The molecular formula is C21H26N2O6. The molecule has 2 amide bonds. The number of nitrogens with one attached hydrogen (secondary N) is 2. The molecule has 0 aliphatic heterocycles. The van der Waals surface area contributed by atoms with Crippen molar-refractivity contribution in [3.8, 4) is 17.2 Å². The number of benzene rings is 2. The lowest BCUT2D eigenvalue weighted by Gasteiger charge is -2.18.